The molecule has 1 unspecified atom stereocenters. The Hall–Kier alpha value is -2.13. The predicted octanol–water partition coefficient (Wildman–Crippen LogP) is 4.08. The highest BCUT2D eigenvalue weighted by Gasteiger charge is 2.41. The molecule has 2 aliphatic rings. The molecule has 0 amide bonds. The standard InChI is InChI=1S/C22H25NO2/c24-22(18-9-5-2-6-10-18)25-21-15-19-11-12-20(16-21)23(19)14-13-17-7-3-1-4-8-17/h1-10,19-21H,11-16H2/t19-,20+,21?. The zero-order valence-electron chi connectivity index (χ0n) is 14.5. The van der Waals surface area contributed by atoms with Crippen molar-refractivity contribution in [1.82, 2.24) is 4.90 Å². The number of esters is 1. The van der Waals surface area contributed by atoms with Crippen LogP contribution in [0.25, 0.3) is 0 Å². The molecule has 0 N–H and O–H groups in total. The molecule has 0 radical (unpaired) electrons. The SMILES string of the molecule is O=C(OC1C[C@H]2CC[C@@H](C1)N2CCc1ccccc1)c1ccccc1. The lowest BCUT2D eigenvalue weighted by Crippen LogP contribution is -2.46. The molecule has 2 bridgehead atoms. The summed E-state index contributed by atoms with van der Waals surface area (Å²) >= 11 is 0. The lowest BCUT2D eigenvalue weighted by molar-refractivity contribution is -0.00573. The number of piperidine rings is 1. The zero-order chi connectivity index (χ0) is 17.1. The quantitative estimate of drug-likeness (QED) is 0.771. The second-order valence-corrected chi connectivity index (χ2v) is 7.22. The fourth-order valence-electron chi connectivity index (χ4n) is 4.38. The Morgan fingerprint density at radius 1 is 0.920 bits per heavy atom. The molecule has 2 aliphatic heterocycles. The van der Waals surface area contributed by atoms with Gasteiger partial charge in [0.15, 0.2) is 0 Å². The van der Waals surface area contributed by atoms with E-state index < -0.39 is 0 Å². The summed E-state index contributed by atoms with van der Waals surface area (Å²) in [5.41, 5.74) is 2.06. The molecule has 3 atom stereocenters. The van der Waals surface area contributed by atoms with Crippen molar-refractivity contribution in [3.63, 3.8) is 0 Å². The van der Waals surface area contributed by atoms with Crippen LogP contribution in [0.1, 0.15) is 41.6 Å². The minimum absolute atomic E-state index is 0.0678. The van der Waals surface area contributed by atoms with Gasteiger partial charge >= 0.3 is 5.97 Å². The Kier molecular flexibility index (Phi) is 4.84. The Bertz CT molecular complexity index is 686. The minimum Gasteiger partial charge on any atom is -0.459 e. The first-order valence-electron chi connectivity index (χ1n) is 9.35. The van der Waals surface area contributed by atoms with Crippen LogP contribution >= 0.6 is 0 Å². The van der Waals surface area contributed by atoms with E-state index in [9.17, 15) is 4.79 Å². The van der Waals surface area contributed by atoms with Gasteiger partial charge in [0, 0.05) is 31.5 Å². The number of carbonyl (C=O) groups excluding carboxylic acids is 1. The first kappa shape index (κ1) is 16.3. The van der Waals surface area contributed by atoms with Gasteiger partial charge in [-0.15, -0.1) is 0 Å². The average Bonchev–Trinajstić information content (AvgIpc) is 2.90. The van der Waals surface area contributed by atoms with Gasteiger partial charge in [-0.25, -0.2) is 4.79 Å². The predicted molar refractivity (Wildman–Crippen MR) is 98.5 cm³/mol. The fourth-order valence-corrected chi connectivity index (χ4v) is 4.38. The summed E-state index contributed by atoms with van der Waals surface area (Å²) < 4.78 is 5.80. The van der Waals surface area contributed by atoms with Crippen molar-refractivity contribution in [1.29, 1.82) is 0 Å². The summed E-state index contributed by atoms with van der Waals surface area (Å²) in [7, 11) is 0. The summed E-state index contributed by atoms with van der Waals surface area (Å²) in [6, 6.07) is 21.2. The maximum Gasteiger partial charge on any atom is 0.338 e. The van der Waals surface area contributed by atoms with Crippen molar-refractivity contribution < 1.29 is 9.53 Å². The van der Waals surface area contributed by atoms with Crippen LogP contribution in [-0.2, 0) is 11.2 Å². The number of benzene rings is 2. The molecule has 0 saturated carbocycles. The zero-order valence-corrected chi connectivity index (χ0v) is 14.5. The molecule has 0 aliphatic carbocycles. The van der Waals surface area contributed by atoms with Gasteiger partial charge in [0.2, 0.25) is 0 Å². The number of carbonyl (C=O) groups is 1. The molecule has 130 valence electrons. The molecule has 2 aromatic carbocycles. The molecule has 0 spiro atoms. The van der Waals surface area contributed by atoms with E-state index in [-0.39, 0.29) is 12.1 Å². The lowest BCUT2D eigenvalue weighted by Gasteiger charge is -2.38. The first-order chi connectivity index (χ1) is 12.3. The Morgan fingerprint density at radius 2 is 1.52 bits per heavy atom. The number of nitrogens with zero attached hydrogens (tertiary/aromatic N) is 1. The van der Waals surface area contributed by atoms with Crippen LogP contribution in [0.5, 0.6) is 0 Å². The number of fused-ring (bicyclic) bond motifs is 2. The number of hydrogen-bond donors (Lipinski definition) is 0. The number of rotatable bonds is 5. The average molecular weight is 335 g/mol. The van der Waals surface area contributed by atoms with E-state index in [4.69, 9.17) is 4.74 Å². The van der Waals surface area contributed by atoms with E-state index in [0.29, 0.717) is 17.6 Å². The largest absolute Gasteiger partial charge is 0.459 e. The van der Waals surface area contributed by atoms with Gasteiger partial charge in [0.25, 0.3) is 0 Å². The van der Waals surface area contributed by atoms with Gasteiger partial charge < -0.3 is 4.74 Å². The van der Waals surface area contributed by atoms with Crippen molar-refractivity contribution in [2.75, 3.05) is 6.54 Å². The third kappa shape index (κ3) is 3.77. The fraction of sp³-hybridized carbons (Fsp3) is 0.409. The normalized spacial score (nSPS) is 25.7. The second kappa shape index (κ2) is 7.40. The Balaban J connectivity index is 1.33. The molecule has 2 fully saturated rings. The van der Waals surface area contributed by atoms with Crippen molar-refractivity contribution >= 4 is 5.97 Å². The lowest BCUT2D eigenvalue weighted by atomic mass is 9.98. The highest BCUT2D eigenvalue weighted by Crippen LogP contribution is 2.37. The summed E-state index contributed by atoms with van der Waals surface area (Å²) in [6.45, 7) is 1.11. The molecule has 0 aromatic heterocycles. The van der Waals surface area contributed by atoms with Crippen molar-refractivity contribution in [2.45, 2.75) is 50.3 Å². The molecule has 2 aromatic rings. The minimum atomic E-state index is -0.178. The highest BCUT2D eigenvalue weighted by molar-refractivity contribution is 5.89. The summed E-state index contributed by atoms with van der Waals surface area (Å²) in [5, 5.41) is 0. The van der Waals surface area contributed by atoms with Crippen molar-refractivity contribution in [3.05, 3.63) is 71.8 Å². The summed E-state index contributed by atoms with van der Waals surface area (Å²) in [5.74, 6) is -0.178. The monoisotopic (exact) mass is 335 g/mol. The Labute approximate surface area is 149 Å². The van der Waals surface area contributed by atoms with E-state index in [2.05, 4.69) is 35.2 Å². The molecule has 4 rings (SSSR count). The van der Waals surface area contributed by atoms with Crippen LogP contribution in [0.4, 0.5) is 0 Å². The van der Waals surface area contributed by atoms with Gasteiger partial charge in [0.1, 0.15) is 6.10 Å². The molecule has 3 nitrogen and oxygen atoms in total. The van der Waals surface area contributed by atoms with Crippen LogP contribution < -0.4 is 0 Å². The van der Waals surface area contributed by atoms with Crippen LogP contribution in [0.3, 0.4) is 0 Å². The molecular weight excluding hydrogens is 310 g/mol. The molecule has 2 saturated heterocycles. The van der Waals surface area contributed by atoms with Crippen molar-refractivity contribution in [2.24, 2.45) is 0 Å². The Morgan fingerprint density at radius 3 is 2.16 bits per heavy atom. The maximum atomic E-state index is 12.3. The third-order valence-electron chi connectivity index (χ3n) is 5.63. The molecule has 3 heteroatoms. The summed E-state index contributed by atoms with van der Waals surface area (Å²) in [6.07, 6.45) is 5.59. The van der Waals surface area contributed by atoms with Gasteiger partial charge in [-0.2, -0.15) is 0 Å². The molecular formula is C22H25NO2. The topological polar surface area (TPSA) is 29.5 Å². The number of hydrogen-bond acceptors (Lipinski definition) is 3. The smallest absolute Gasteiger partial charge is 0.338 e. The van der Waals surface area contributed by atoms with Crippen molar-refractivity contribution in [3.8, 4) is 0 Å². The third-order valence-corrected chi connectivity index (χ3v) is 5.63. The van der Waals surface area contributed by atoms with Crippen LogP contribution in [0, 0.1) is 0 Å². The first-order valence-corrected chi connectivity index (χ1v) is 9.35. The highest BCUT2D eigenvalue weighted by atomic mass is 16.5. The van der Waals surface area contributed by atoms with E-state index in [1.807, 2.05) is 30.3 Å². The van der Waals surface area contributed by atoms with Crippen LogP contribution in [0.15, 0.2) is 60.7 Å². The van der Waals surface area contributed by atoms with E-state index in [1.54, 1.807) is 0 Å². The second-order valence-electron chi connectivity index (χ2n) is 7.22. The van der Waals surface area contributed by atoms with Crippen LogP contribution in [-0.4, -0.2) is 35.6 Å². The number of ether oxygens (including phenoxy) is 1. The summed E-state index contributed by atoms with van der Waals surface area (Å²) in [4.78, 5) is 15.0. The van der Waals surface area contributed by atoms with E-state index in [0.717, 1.165) is 25.8 Å². The van der Waals surface area contributed by atoms with Crippen LogP contribution in [0.2, 0.25) is 0 Å². The van der Waals surface area contributed by atoms with Gasteiger partial charge in [-0.1, -0.05) is 48.5 Å². The van der Waals surface area contributed by atoms with Gasteiger partial charge in [0.05, 0.1) is 5.56 Å². The molecule has 2 heterocycles. The van der Waals surface area contributed by atoms with E-state index >= 15 is 0 Å². The van der Waals surface area contributed by atoms with Gasteiger partial charge in [-0.05, 0) is 37.0 Å². The van der Waals surface area contributed by atoms with Gasteiger partial charge in [-0.3, -0.25) is 4.90 Å². The van der Waals surface area contributed by atoms with E-state index in [1.165, 1.54) is 18.4 Å². The maximum absolute atomic E-state index is 12.3. The molecule has 25 heavy (non-hydrogen) atoms.